The molecule has 1 aliphatic rings. The molecule has 0 radical (unpaired) electrons. The van der Waals surface area contributed by atoms with Crippen molar-refractivity contribution >= 4 is 11.6 Å². The van der Waals surface area contributed by atoms with E-state index in [0.29, 0.717) is 25.4 Å². The van der Waals surface area contributed by atoms with Gasteiger partial charge in [0, 0.05) is 50.4 Å². The number of pyridine rings is 2. The molecule has 25 heavy (non-hydrogen) atoms. The maximum absolute atomic E-state index is 12.0. The lowest BCUT2D eigenvalue weighted by Crippen LogP contribution is -2.57. The van der Waals surface area contributed by atoms with Gasteiger partial charge in [-0.25, -0.2) is 0 Å². The zero-order chi connectivity index (χ0) is 17.6. The molecule has 1 saturated heterocycles. The number of aromatic nitrogens is 2. The van der Waals surface area contributed by atoms with E-state index in [4.69, 9.17) is 4.74 Å². The summed E-state index contributed by atoms with van der Waals surface area (Å²) >= 11 is 0. The normalized spacial score (nSPS) is 14.5. The molecular formula is C18H20N4O3. The molecule has 2 N–H and O–H groups in total. The molecule has 3 rings (SSSR count). The Morgan fingerprint density at radius 1 is 1.40 bits per heavy atom. The molecule has 130 valence electrons. The van der Waals surface area contributed by atoms with E-state index in [1.165, 1.54) is 6.08 Å². The number of rotatable bonds is 6. The van der Waals surface area contributed by atoms with Gasteiger partial charge in [-0.05, 0) is 23.8 Å². The summed E-state index contributed by atoms with van der Waals surface area (Å²) in [7, 11) is 1.58. The molecule has 0 unspecified atom stereocenters. The van der Waals surface area contributed by atoms with Crippen molar-refractivity contribution in [1.82, 2.24) is 14.9 Å². The average molecular weight is 340 g/mol. The number of carbonyl (C=O) groups excluding carboxylic acids is 1. The lowest BCUT2D eigenvalue weighted by Gasteiger charge is -2.39. The largest absolute Gasteiger partial charge is 0.381 e. The van der Waals surface area contributed by atoms with Crippen LogP contribution in [0.25, 0.3) is 11.1 Å². The first-order chi connectivity index (χ1) is 12.2. The van der Waals surface area contributed by atoms with Crippen LogP contribution in [0.1, 0.15) is 0 Å². The van der Waals surface area contributed by atoms with Gasteiger partial charge in [0.25, 0.3) is 5.56 Å². The van der Waals surface area contributed by atoms with Crippen molar-refractivity contribution in [3.05, 3.63) is 59.3 Å². The van der Waals surface area contributed by atoms with E-state index in [2.05, 4.69) is 15.3 Å². The first-order valence-electron chi connectivity index (χ1n) is 8.01. The highest BCUT2D eigenvalue weighted by Gasteiger charge is 2.29. The second-order valence-corrected chi connectivity index (χ2v) is 5.81. The molecule has 0 spiro atoms. The van der Waals surface area contributed by atoms with E-state index < -0.39 is 0 Å². The van der Waals surface area contributed by atoms with Crippen LogP contribution in [0.15, 0.2) is 53.7 Å². The summed E-state index contributed by atoms with van der Waals surface area (Å²) in [4.78, 5) is 32.4. The van der Waals surface area contributed by atoms with Crippen molar-refractivity contribution in [2.24, 2.45) is 0 Å². The smallest absolute Gasteiger partial charge is 0.271 e. The van der Waals surface area contributed by atoms with Crippen LogP contribution < -0.4 is 10.9 Å². The number of hydrogen-bond donors (Lipinski definition) is 2. The number of carbonyl (C=O) groups is 1. The molecule has 0 saturated carbocycles. The van der Waals surface area contributed by atoms with Crippen LogP contribution in [0, 0.1) is 0 Å². The number of nitrogens with one attached hydrogen (secondary N) is 2. The fourth-order valence-electron chi connectivity index (χ4n) is 2.62. The van der Waals surface area contributed by atoms with Crippen molar-refractivity contribution < 1.29 is 9.53 Å². The number of nitrogens with zero attached hydrogens (tertiary/aromatic N) is 2. The highest BCUT2D eigenvalue weighted by atomic mass is 16.5. The maximum atomic E-state index is 12.0. The molecule has 1 fully saturated rings. The number of aromatic amines is 1. The fourth-order valence-corrected chi connectivity index (χ4v) is 2.62. The summed E-state index contributed by atoms with van der Waals surface area (Å²) < 4.78 is 4.87. The van der Waals surface area contributed by atoms with Gasteiger partial charge >= 0.3 is 0 Å². The van der Waals surface area contributed by atoms with E-state index in [1.807, 2.05) is 18.2 Å². The van der Waals surface area contributed by atoms with Crippen molar-refractivity contribution in [2.45, 2.75) is 6.04 Å². The highest BCUT2D eigenvalue weighted by molar-refractivity contribution is 5.88. The number of ether oxygens (including phenoxy) is 1. The molecule has 3 heterocycles. The number of anilines is 1. The Labute approximate surface area is 145 Å². The minimum atomic E-state index is -0.178. The third-order valence-corrected chi connectivity index (χ3v) is 3.99. The summed E-state index contributed by atoms with van der Waals surface area (Å²) in [6.07, 6.45) is 8.29. The van der Waals surface area contributed by atoms with E-state index in [1.54, 1.807) is 36.7 Å². The van der Waals surface area contributed by atoms with Gasteiger partial charge in [0.15, 0.2) is 0 Å². The minimum absolute atomic E-state index is 0.0467. The summed E-state index contributed by atoms with van der Waals surface area (Å²) in [5, 5.41) is 3.21. The Hall–Kier alpha value is -2.93. The van der Waals surface area contributed by atoms with Gasteiger partial charge in [-0.15, -0.1) is 0 Å². The van der Waals surface area contributed by atoms with E-state index in [-0.39, 0.29) is 17.5 Å². The standard InChI is InChI=1S/C18H20N4O3/c1-25-8-2-3-17(23)22-11-15(12-22)21-16-9-14(10-20-18(16)24)13-4-6-19-7-5-13/h2-7,9-10,15,21H,8,11-12H2,1H3,(H,20,24)/b3-2+. The molecule has 7 nitrogen and oxygen atoms in total. The van der Waals surface area contributed by atoms with Crippen LogP contribution >= 0.6 is 0 Å². The Bertz CT molecular complexity index is 811. The summed E-state index contributed by atoms with van der Waals surface area (Å²) in [5.41, 5.74) is 2.20. The topological polar surface area (TPSA) is 87.3 Å². The number of likely N-dealkylation sites (tertiary alicyclic amines) is 1. The van der Waals surface area contributed by atoms with Crippen LogP contribution in [-0.4, -0.2) is 53.6 Å². The number of amides is 1. The SMILES string of the molecule is COC/C=C/C(=O)N1CC(Nc2cc(-c3ccncc3)c[nH]c2=O)C1. The minimum Gasteiger partial charge on any atom is -0.381 e. The molecule has 7 heteroatoms. The van der Waals surface area contributed by atoms with Crippen LogP contribution in [0.5, 0.6) is 0 Å². The van der Waals surface area contributed by atoms with Gasteiger partial charge < -0.3 is 19.9 Å². The summed E-state index contributed by atoms with van der Waals surface area (Å²) in [5.74, 6) is -0.0467. The Morgan fingerprint density at radius 2 is 2.16 bits per heavy atom. The van der Waals surface area contributed by atoms with Gasteiger partial charge in [0.2, 0.25) is 5.91 Å². The highest BCUT2D eigenvalue weighted by Crippen LogP contribution is 2.20. The lowest BCUT2D eigenvalue weighted by molar-refractivity contribution is -0.129. The Kier molecular flexibility index (Phi) is 5.25. The van der Waals surface area contributed by atoms with Gasteiger partial charge in [-0.1, -0.05) is 6.08 Å². The van der Waals surface area contributed by atoms with Gasteiger partial charge in [-0.2, -0.15) is 0 Å². The maximum Gasteiger partial charge on any atom is 0.271 e. The molecule has 0 aromatic carbocycles. The van der Waals surface area contributed by atoms with Gasteiger partial charge in [-0.3, -0.25) is 14.6 Å². The molecular weight excluding hydrogens is 320 g/mol. The van der Waals surface area contributed by atoms with Crippen LogP contribution in [0.2, 0.25) is 0 Å². The molecule has 2 aromatic rings. The van der Waals surface area contributed by atoms with Crippen molar-refractivity contribution in [1.29, 1.82) is 0 Å². The first kappa shape index (κ1) is 16.9. The van der Waals surface area contributed by atoms with E-state index in [0.717, 1.165) is 11.1 Å². The molecule has 2 aromatic heterocycles. The molecule has 1 aliphatic heterocycles. The first-order valence-corrected chi connectivity index (χ1v) is 8.01. The van der Waals surface area contributed by atoms with E-state index >= 15 is 0 Å². The Morgan fingerprint density at radius 3 is 2.88 bits per heavy atom. The predicted molar refractivity (Wildman–Crippen MR) is 95.3 cm³/mol. The second-order valence-electron chi connectivity index (χ2n) is 5.81. The van der Waals surface area contributed by atoms with Crippen LogP contribution in [0.4, 0.5) is 5.69 Å². The van der Waals surface area contributed by atoms with Gasteiger partial charge in [0.1, 0.15) is 5.69 Å². The second kappa shape index (κ2) is 7.76. The molecule has 0 aliphatic carbocycles. The number of H-pyrrole nitrogens is 1. The third-order valence-electron chi connectivity index (χ3n) is 3.99. The predicted octanol–water partition coefficient (Wildman–Crippen LogP) is 1.26. The zero-order valence-electron chi connectivity index (χ0n) is 13.9. The Balaban J connectivity index is 1.61. The van der Waals surface area contributed by atoms with Crippen molar-refractivity contribution in [3.63, 3.8) is 0 Å². The van der Waals surface area contributed by atoms with Crippen molar-refractivity contribution in [2.75, 3.05) is 32.1 Å². The summed E-state index contributed by atoms with van der Waals surface area (Å²) in [6.45, 7) is 1.54. The fraction of sp³-hybridized carbons (Fsp3) is 0.278. The molecule has 1 amide bonds. The number of hydrogen-bond acceptors (Lipinski definition) is 5. The van der Waals surface area contributed by atoms with E-state index in [9.17, 15) is 9.59 Å². The van der Waals surface area contributed by atoms with Crippen molar-refractivity contribution in [3.8, 4) is 11.1 Å². The monoisotopic (exact) mass is 340 g/mol. The average Bonchev–Trinajstić information content (AvgIpc) is 2.60. The van der Waals surface area contributed by atoms with Crippen LogP contribution in [-0.2, 0) is 9.53 Å². The summed E-state index contributed by atoms with van der Waals surface area (Å²) in [6, 6.07) is 5.65. The quantitative estimate of drug-likeness (QED) is 0.773. The molecule has 0 atom stereocenters. The van der Waals surface area contributed by atoms with Crippen LogP contribution in [0.3, 0.4) is 0 Å². The third kappa shape index (κ3) is 4.13. The number of methoxy groups -OCH3 is 1. The lowest BCUT2D eigenvalue weighted by atomic mass is 10.1. The molecule has 0 bridgehead atoms. The zero-order valence-corrected chi connectivity index (χ0v) is 13.9. The van der Waals surface area contributed by atoms with Gasteiger partial charge in [0.05, 0.1) is 12.6 Å².